The zero-order chi connectivity index (χ0) is 8.58. The van der Waals surface area contributed by atoms with Gasteiger partial charge in [0, 0.05) is 15.9 Å². The van der Waals surface area contributed by atoms with Gasteiger partial charge in [-0.2, -0.15) is 0 Å². The average Bonchev–Trinajstić information content (AvgIpc) is 1.59. The molecular formula is C7H21BSi2. The predicted molar refractivity (Wildman–Crippen MR) is 58.3 cm³/mol. The maximum absolute atomic E-state index is 2.48. The van der Waals surface area contributed by atoms with E-state index < -0.39 is 15.9 Å². The first kappa shape index (κ1) is 10.5. The molecule has 3 heteroatoms. The Labute approximate surface area is 68.4 Å². The van der Waals surface area contributed by atoms with Gasteiger partial charge in [0.2, 0.25) is 0 Å². The van der Waals surface area contributed by atoms with Crippen LogP contribution in [-0.2, 0) is 0 Å². The second-order valence-corrected chi connectivity index (χ2v) is 17.2. The molecule has 0 aliphatic rings. The Morgan fingerprint density at radius 1 is 0.700 bits per heavy atom. The molecular weight excluding hydrogens is 151 g/mol. The van der Waals surface area contributed by atoms with E-state index in [4.69, 9.17) is 0 Å². The molecule has 0 amide bonds. The maximum Gasteiger partial charge on any atom is 0.125 e. The lowest BCUT2D eigenvalue weighted by molar-refractivity contribution is 1.78. The molecule has 0 aromatic heterocycles. The van der Waals surface area contributed by atoms with E-state index in [9.17, 15) is 0 Å². The highest BCUT2D eigenvalue weighted by atomic mass is 28.4. The van der Waals surface area contributed by atoms with Crippen LogP contribution in [0.25, 0.3) is 0 Å². The van der Waals surface area contributed by atoms with Crippen LogP contribution in [0.4, 0.5) is 0 Å². The van der Waals surface area contributed by atoms with E-state index in [0.717, 1.165) is 5.90 Å². The predicted octanol–water partition coefficient (Wildman–Crippen LogP) is 2.94. The van der Waals surface area contributed by atoms with Crippen molar-refractivity contribution in [2.24, 2.45) is 0 Å². The fourth-order valence-electron chi connectivity index (χ4n) is 1.30. The minimum atomic E-state index is -0.834. The minimum absolute atomic E-state index is 0.834. The van der Waals surface area contributed by atoms with Crippen molar-refractivity contribution < 1.29 is 0 Å². The molecule has 0 saturated heterocycles. The lowest BCUT2D eigenvalue weighted by Gasteiger charge is -2.32. The summed E-state index contributed by atoms with van der Waals surface area (Å²) in [6.45, 7) is 17.3. The average molecular weight is 172 g/mol. The third kappa shape index (κ3) is 3.06. The van der Waals surface area contributed by atoms with Crippen LogP contribution < -0.4 is 0 Å². The summed E-state index contributed by atoms with van der Waals surface area (Å²) in [7, 11) is -1.67. The highest BCUT2D eigenvalue weighted by Crippen LogP contribution is 2.16. The van der Waals surface area contributed by atoms with Crippen molar-refractivity contribution in [1.82, 2.24) is 0 Å². The number of rotatable bonds is 2. The van der Waals surface area contributed by atoms with Crippen molar-refractivity contribution in [1.29, 1.82) is 0 Å². The van der Waals surface area contributed by atoms with Crippen molar-refractivity contribution in [3.8, 4) is 0 Å². The van der Waals surface area contributed by atoms with Gasteiger partial charge in [-0.05, 0) is 0 Å². The van der Waals surface area contributed by atoms with E-state index in [2.05, 4.69) is 46.1 Å². The van der Waals surface area contributed by atoms with Crippen molar-refractivity contribution in [3.05, 3.63) is 0 Å². The summed E-state index contributed by atoms with van der Waals surface area (Å²) < 4.78 is 0. The maximum atomic E-state index is 2.48. The van der Waals surface area contributed by atoms with E-state index in [0.29, 0.717) is 0 Å². The van der Waals surface area contributed by atoms with Crippen LogP contribution >= 0.6 is 0 Å². The van der Waals surface area contributed by atoms with Gasteiger partial charge in [0.25, 0.3) is 0 Å². The molecule has 0 nitrogen and oxygen atoms in total. The molecule has 0 aromatic rings. The topological polar surface area (TPSA) is 0 Å². The van der Waals surface area contributed by atoms with Gasteiger partial charge in [-0.3, -0.25) is 0 Å². The second-order valence-electron chi connectivity index (χ2n) is 5.45. The van der Waals surface area contributed by atoms with Gasteiger partial charge >= 0.3 is 0 Å². The summed E-state index contributed by atoms with van der Waals surface area (Å²) >= 11 is 0. The van der Waals surface area contributed by atoms with Gasteiger partial charge in [-0.15, -0.1) is 0 Å². The second kappa shape index (κ2) is 2.86. The van der Waals surface area contributed by atoms with E-state index >= 15 is 0 Å². The molecule has 60 valence electrons. The molecule has 0 aliphatic carbocycles. The van der Waals surface area contributed by atoms with Gasteiger partial charge in [-0.25, -0.2) is 0 Å². The zero-order valence-electron chi connectivity index (χ0n) is 8.58. The van der Waals surface area contributed by atoms with Crippen molar-refractivity contribution in [2.45, 2.75) is 46.1 Å². The Morgan fingerprint density at radius 3 is 0.900 bits per heavy atom. The molecule has 0 saturated carbocycles. The van der Waals surface area contributed by atoms with Crippen LogP contribution in [0.5, 0.6) is 0 Å². The Hall–Kier alpha value is 0.499. The van der Waals surface area contributed by atoms with Crippen molar-refractivity contribution in [3.63, 3.8) is 0 Å². The summed E-state index contributed by atoms with van der Waals surface area (Å²) in [4.78, 5) is 0. The normalized spacial score (nSPS) is 13.5. The smallest absolute Gasteiger partial charge is 0.0901 e. The molecule has 0 atom stereocenters. The summed E-state index contributed by atoms with van der Waals surface area (Å²) in [5.41, 5.74) is 0. The quantitative estimate of drug-likeness (QED) is 0.562. The Bertz CT molecular complexity index is 95.8. The molecule has 0 spiro atoms. The largest absolute Gasteiger partial charge is 0.125 e. The van der Waals surface area contributed by atoms with E-state index in [1.807, 2.05) is 0 Å². The highest BCUT2D eigenvalue weighted by molar-refractivity contribution is 7.59. The van der Waals surface area contributed by atoms with Crippen LogP contribution in [0.15, 0.2) is 0 Å². The molecule has 0 heterocycles. The van der Waals surface area contributed by atoms with E-state index in [1.165, 1.54) is 0 Å². The lowest BCUT2D eigenvalue weighted by atomic mass is 10.2. The standard InChI is InChI=1S/C7H21BSi2/c1-8(9(2,3)4)10(5,6)7/h1-7H3. The van der Waals surface area contributed by atoms with Gasteiger partial charge in [0.15, 0.2) is 0 Å². The van der Waals surface area contributed by atoms with E-state index in [-0.39, 0.29) is 0 Å². The summed E-state index contributed by atoms with van der Waals surface area (Å²) in [5, 5.41) is 0. The van der Waals surface area contributed by atoms with Gasteiger partial charge in [-0.1, -0.05) is 46.1 Å². The molecule has 0 fully saturated rings. The molecule has 0 radical (unpaired) electrons. The minimum Gasteiger partial charge on any atom is -0.0901 e. The fraction of sp³-hybridized carbons (Fsp3) is 1.00. The van der Waals surface area contributed by atoms with Crippen molar-refractivity contribution in [2.75, 3.05) is 0 Å². The van der Waals surface area contributed by atoms with E-state index in [1.54, 1.807) is 0 Å². The lowest BCUT2D eigenvalue weighted by Crippen LogP contribution is -2.56. The zero-order valence-corrected chi connectivity index (χ0v) is 10.6. The molecule has 0 unspecified atom stereocenters. The summed E-state index contributed by atoms with van der Waals surface area (Å²) in [6, 6.07) is 0. The molecule has 0 N–H and O–H groups in total. The molecule has 10 heavy (non-hydrogen) atoms. The molecule has 0 aromatic carbocycles. The van der Waals surface area contributed by atoms with Crippen LogP contribution in [0.1, 0.15) is 0 Å². The Kier molecular flexibility index (Phi) is 3.00. The number of hydrogen-bond donors (Lipinski definition) is 0. The molecule has 0 bridgehead atoms. The van der Waals surface area contributed by atoms with Crippen LogP contribution in [0.3, 0.4) is 0 Å². The van der Waals surface area contributed by atoms with Gasteiger partial charge in [0.1, 0.15) is 5.90 Å². The van der Waals surface area contributed by atoms with Gasteiger partial charge in [0.05, 0.1) is 0 Å². The van der Waals surface area contributed by atoms with Crippen LogP contribution in [0.2, 0.25) is 46.1 Å². The first-order chi connectivity index (χ1) is 4.15. The number of hydrogen-bond acceptors (Lipinski definition) is 0. The SMILES string of the molecule is CB([Si](C)(C)C)[Si](C)(C)C. The van der Waals surface area contributed by atoms with Crippen LogP contribution in [-0.4, -0.2) is 21.8 Å². The third-order valence-electron chi connectivity index (χ3n) is 2.60. The summed E-state index contributed by atoms with van der Waals surface area (Å²) in [6.07, 6.45) is 0. The third-order valence-corrected chi connectivity index (χ3v) is 13.0. The Balaban J connectivity index is 4.23. The van der Waals surface area contributed by atoms with Gasteiger partial charge < -0.3 is 0 Å². The monoisotopic (exact) mass is 172 g/mol. The first-order valence-electron chi connectivity index (χ1n) is 4.15. The van der Waals surface area contributed by atoms with Crippen molar-refractivity contribution >= 4 is 21.8 Å². The Morgan fingerprint density at radius 2 is 0.900 bits per heavy atom. The molecule has 0 aliphatic heterocycles. The first-order valence-corrected chi connectivity index (χ1v) is 11.3. The fourth-order valence-corrected chi connectivity index (χ4v) is 11.7. The van der Waals surface area contributed by atoms with Crippen LogP contribution in [0, 0.1) is 0 Å². The summed E-state index contributed by atoms with van der Waals surface area (Å²) in [5.74, 6) is 1.04. The molecule has 0 rings (SSSR count). The highest BCUT2D eigenvalue weighted by Gasteiger charge is 2.36.